The van der Waals surface area contributed by atoms with E-state index >= 15 is 0 Å². The van der Waals surface area contributed by atoms with Crippen LogP contribution in [-0.4, -0.2) is 36.9 Å². The van der Waals surface area contributed by atoms with Crippen molar-refractivity contribution in [2.45, 2.75) is 26.2 Å². The first-order chi connectivity index (χ1) is 9.54. The third-order valence-electron chi connectivity index (χ3n) is 3.69. The number of halogens is 2. The van der Waals surface area contributed by atoms with Crippen molar-refractivity contribution in [2.24, 2.45) is 5.92 Å². The van der Waals surface area contributed by atoms with Crippen molar-refractivity contribution in [1.82, 2.24) is 4.90 Å². The molecule has 0 bridgehead atoms. The summed E-state index contributed by atoms with van der Waals surface area (Å²) in [6.45, 7) is 3.38. The Morgan fingerprint density at radius 3 is 2.45 bits per heavy atom. The Morgan fingerprint density at radius 2 is 1.90 bits per heavy atom. The third-order valence-corrected chi connectivity index (χ3v) is 3.69. The third kappa shape index (κ3) is 4.27. The molecule has 1 fully saturated rings. The number of rotatable bonds is 4. The van der Waals surface area contributed by atoms with Crippen LogP contribution in [0.1, 0.15) is 18.4 Å². The van der Waals surface area contributed by atoms with Crippen molar-refractivity contribution in [3.63, 3.8) is 0 Å². The average molecular weight is 282 g/mol. The normalized spacial score (nSPS) is 17.4. The minimum absolute atomic E-state index is 0.0932. The summed E-state index contributed by atoms with van der Waals surface area (Å²) in [6, 6.07) is 7.58. The second kappa shape index (κ2) is 6.79. The van der Waals surface area contributed by atoms with Crippen molar-refractivity contribution < 1.29 is 13.6 Å². The van der Waals surface area contributed by atoms with E-state index in [4.69, 9.17) is 0 Å². The fourth-order valence-electron chi connectivity index (χ4n) is 2.40. The SMILES string of the molecule is Cc1ccc(NC(=O)CN2CCC(C(F)F)CC2)cc1. The second-order valence-corrected chi connectivity index (χ2v) is 5.36. The summed E-state index contributed by atoms with van der Waals surface area (Å²) in [7, 11) is 0. The standard InChI is InChI=1S/C15H20F2N2O/c1-11-2-4-13(5-3-11)18-14(20)10-19-8-6-12(7-9-19)15(16)17/h2-5,12,15H,6-10H2,1H3,(H,18,20). The molecule has 0 aromatic heterocycles. The zero-order chi connectivity index (χ0) is 14.5. The first-order valence-corrected chi connectivity index (χ1v) is 6.91. The molecule has 2 rings (SSSR count). The minimum atomic E-state index is -2.24. The van der Waals surface area contributed by atoms with Crippen LogP contribution in [0, 0.1) is 12.8 Å². The fourth-order valence-corrected chi connectivity index (χ4v) is 2.40. The maximum Gasteiger partial charge on any atom is 0.241 e. The Labute approximate surface area is 118 Å². The highest BCUT2D eigenvalue weighted by Crippen LogP contribution is 2.23. The molecule has 1 amide bonds. The molecular weight excluding hydrogens is 262 g/mol. The zero-order valence-corrected chi connectivity index (χ0v) is 11.6. The van der Waals surface area contributed by atoms with Crippen molar-refractivity contribution in [3.05, 3.63) is 29.8 Å². The first-order valence-electron chi connectivity index (χ1n) is 6.91. The van der Waals surface area contributed by atoms with E-state index in [2.05, 4.69) is 5.32 Å². The number of alkyl halides is 2. The van der Waals surface area contributed by atoms with Crippen molar-refractivity contribution >= 4 is 11.6 Å². The lowest BCUT2D eigenvalue weighted by Gasteiger charge is -2.30. The molecular formula is C15H20F2N2O. The number of hydrogen-bond donors (Lipinski definition) is 1. The highest BCUT2D eigenvalue weighted by Gasteiger charge is 2.26. The van der Waals surface area contributed by atoms with Gasteiger partial charge in [0.2, 0.25) is 12.3 Å². The number of likely N-dealkylation sites (tertiary alicyclic amines) is 1. The molecule has 20 heavy (non-hydrogen) atoms. The number of piperidine rings is 1. The van der Waals surface area contributed by atoms with Gasteiger partial charge in [-0.1, -0.05) is 17.7 Å². The van der Waals surface area contributed by atoms with Gasteiger partial charge in [-0.25, -0.2) is 8.78 Å². The van der Waals surface area contributed by atoms with Crippen LogP contribution in [0.15, 0.2) is 24.3 Å². The van der Waals surface area contributed by atoms with Gasteiger partial charge in [0, 0.05) is 11.6 Å². The van der Waals surface area contributed by atoms with Gasteiger partial charge < -0.3 is 5.32 Å². The van der Waals surface area contributed by atoms with Gasteiger partial charge in [-0.05, 0) is 45.0 Å². The van der Waals surface area contributed by atoms with Crippen LogP contribution in [0.4, 0.5) is 14.5 Å². The van der Waals surface area contributed by atoms with E-state index in [-0.39, 0.29) is 12.5 Å². The molecule has 1 saturated heterocycles. The van der Waals surface area contributed by atoms with Crippen molar-refractivity contribution in [2.75, 3.05) is 25.0 Å². The Bertz CT molecular complexity index is 440. The first kappa shape index (κ1) is 14.9. The molecule has 1 aromatic carbocycles. The van der Waals surface area contributed by atoms with Crippen LogP contribution in [-0.2, 0) is 4.79 Å². The van der Waals surface area contributed by atoms with E-state index in [9.17, 15) is 13.6 Å². The smallest absolute Gasteiger partial charge is 0.241 e. The van der Waals surface area contributed by atoms with E-state index < -0.39 is 12.3 Å². The summed E-state index contributed by atoms with van der Waals surface area (Å²) in [5.74, 6) is -0.601. The van der Waals surface area contributed by atoms with Gasteiger partial charge in [0.1, 0.15) is 0 Å². The van der Waals surface area contributed by atoms with E-state index in [0.29, 0.717) is 25.9 Å². The van der Waals surface area contributed by atoms with Crippen LogP contribution in [0.25, 0.3) is 0 Å². The van der Waals surface area contributed by atoms with E-state index in [1.54, 1.807) is 0 Å². The number of nitrogens with zero attached hydrogens (tertiary/aromatic N) is 1. The van der Waals surface area contributed by atoms with Gasteiger partial charge >= 0.3 is 0 Å². The highest BCUT2D eigenvalue weighted by molar-refractivity contribution is 5.92. The minimum Gasteiger partial charge on any atom is -0.325 e. The molecule has 1 aromatic rings. The molecule has 5 heteroatoms. The molecule has 1 aliphatic rings. The van der Waals surface area contributed by atoms with Crippen molar-refractivity contribution in [1.29, 1.82) is 0 Å². The highest BCUT2D eigenvalue weighted by atomic mass is 19.3. The molecule has 3 nitrogen and oxygen atoms in total. The number of aryl methyl sites for hydroxylation is 1. The average Bonchev–Trinajstić information content (AvgIpc) is 2.42. The molecule has 110 valence electrons. The van der Waals surface area contributed by atoms with Crippen LogP contribution in [0.3, 0.4) is 0 Å². The number of amides is 1. The summed E-state index contributed by atoms with van der Waals surface area (Å²) in [4.78, 5) is 13.8. The molecule has 1 heterocycles. The van der Waals surface area contributed by atoms with E-state index in [1.807, 2.05) is 36.1 Å². The largest absolute Gasteiger partial charge is 0.325 e. The van der Waals surface area contributed by atoms with Crippen LogP contribution in [0.2, 0.25) is 0 Å². The van der Waals surface area contributed by atoms with Gasteiger partial charge in [0.25, 0.3) is 0 Å². The number of benzene rings is 1. The molecule has 0 spiro atoms. The number of carbonyl (C=O) groups is 1. The zero-order valence-electron chi connectivity index (χ0n) is 11.6. The maximum atomic E-state index is 12.5. The number of hydrogen-bond acceptors (Lipinski definition) is 2. The number of carbonyl (C=O) groups excluding carboxylic acids is 1. The topological polar surface area (TPSA) is 32.3 Å². The summed E-state index contributed by atoms with van der Waals surface area (Å²) in [5.41, 5.74) is 1.90. The molecule has 1 aliphatic heterocycles. The Balaban J connectivity index is 1.77. The lowest BCUT2D eigenvalue weighted by atomic mass is 9.97. The van der Waals surface area contributed by atoms with Gasteiger partial charge in [-0.15, -0.1) is 0 Å². The van der Waals surface area contributed by atoms with Crippen molar-refractivity contribution in [3.8, 4) is 0 Å². The summed E-state index contributed by atoms with van der Waals surface area (Å²) in [6.07, 6.45) is -1.30. The second-order valence-electron chi connectivity index (χ2n) is 5.36. The molecule has 0 aliphatic carbocycles. The number of anilines is 1. The Hall–Kier alpha value is -1.49. The Morgan fingerprint density at radius 1 is 1.30 bits per heavy atom. The fraction of sp³-hybridized carbons (Fsp3) is 0.533. The quantitative estimate of drug-likeness (QED) is 0.921. The monoisotopic (exact) mass is 282 g/mol. The Kier molecular flexibility index (Phi) is 5.06. The van der Waals surface area contributed by atoms with Gasteiger partial charge in [-0.3, -0.25) is 9.69 Å². The van der Waals surface area contributed by atoms with Crippen LogP contribution >= 0.6 is 0 Å². The van der Waals surface area contributed by atoms with Gasteiger partial charge in [-0.2, -0.15) is 0 Å². The molecule has 0 radical (unpaired) electrons. The molecule has 0 atom stereocenters. The molecule has 1 N–H and O–H groups in total. The van der Waals surface area contributed by atoms with Crippen LogP contribution in [0.5, 0.6) is 0 Å². The predicted molar refractivity (Wildman–Crippen MR) is 75.0 cm³/mol. The number of nitrogens with one attached hydrogen (secondary N) is 1. The van der Waals surface area contributed by atoms with Gasteiger partial charge in [0.05, 0.1) is 6.54 Å². The maximum absolute atomic E-state index is 12.5. The molecule has 0 saturated carbocycles. The van der Waals surface area contributed by atoms with E-state index in [0.717, 1.165) is 11.3 Å². The van der Waals surface area contributed by atoms with Crippen LogP contribution < -0.4 is 5.32 Å². The summed E-state index contributed by atoms with van der Waals surface area (Å²) < 4.78 is 25.1. The van der Waals surface area contributed by atoms with Gasteiger partial charge in [0.15, 0.2) is 0 Å². The summed E-state index contributed by atoms with van der Waals surface area (Å²) >= 11 is 0. The summed E-state index contributed by atoms with van der Waals surface area (Å²) in [5, 5.41) is 2.82. The lowest BCUT2D eigenvalue weighted by Crippen LogP contribution is -2.40. The predicted octanol–water partition coefficient (Wildman–Crippen LogP) is 2.91. The lowest BCUT2D eigenvalue weighted by molar-refractivity contribution is -0.117. The van der Waals surface area contributed by atoms with E-state index in [1.165, 1.54) is 0 Å². The molecule has 0 unspecified atom stereocenters.